The van der Waals surface area contributed by atoms with E-state index in [2.05, 4.69) is 27.9 Å². The molecule has 3 rings (SSSR count). The monoisotopic (exact) mass is 458 g/mol. The van der Waals surface area contributed by atoms with Crippen LogP contribution in [-0.4, -0.2) is 39.8 Å². The maximum atomic E-state index is 11.7. The molecule has 1 aromatic carbocycles. The van der Waals surface area contributed by atoms with Crippen molar-refractivity contribution in [2.45, 2.75) is 50.6 Å². The maximum absolute atomic E-state index is 11.7. The molecule has 136 valence electrons. The van der Waals surface area contributed by atoms with Crippen LogP contribution in [0.5, 0.6) is 0 Å². The number of aliphatic carboxylic acids is 1. The molecule has 1 heterocycles. The lowest BCUT2D eigenvalue weighted by Crippen LogP contribution is -2.44. The van der Waals surface area contributed by atoms with Crippen molar-refractivity contribution in [1.29, 1.82) is 0 Å². The lowest BCUT2D eigenvalue weighted by atomic mass is 9.85. The smallest absolute Gasteiger partial charge is 0.407 e. The van der Waals surface area contributed by atoms with Crippen LogP contribution in [0.15, 0.2) is 18.2 Å². The van der Waals surface area contributed by atoms with E-state index >= 15 is 0 Å². The van der Waals surface area contributed by atoms with Crippen LogP contribution in [0.25, 0.3) is 0 Å². The molecular weight excluding hydrogens is 435 g/mol. The summed E-state index contributed by atoms with van der Waals surface area (Å²) >= 11 is 2.24. The molecule has 0 radical (unpaired) electrons. The third-order valence-corrected chi connectivity index (χ3v) is 6.14. The van der Waals surface area contributed by atoms with E-state index in [0.717, 1.165) is 14.8 Å². The fourth-order valence-electron chi connectivity index (χ4n) is 4.00. The number of piperidine rings is 1. The molecule has 3 N–H and O–H groups in total. The molecule has 6 nitrogen and oxygen atoms in total. The first-order valence-corrected chi connectivity index (χ1v) is 9.83. The van der Waals surface area contributed by atoms with E-state index in [4.69, 9.17) is 0 Å². The zero-order chi connectivity index (χ0) is 18.0. The second kappa shape index (κ2) is 7.80. The Labute approximate surface area is 160 Å². The van der Waals surface area contributed by atoms with E-state index < -0.39 is 24.0 Å². The maximum Gasteiger partial charge on any atom is 0.407 e. The number of nitrogens with one attached hydrogen (secondary N) is 1. The summed E-state index contributed by atoms with van der Waals surface area (Å²) in [5.41, 5.74) is 1.80. The highest BCUT2D eigenvalue weighted by Gasteiger charge is 2.39. The molecule has 25 heavy (non-hydrogen) atoms. The van der Waals surface area contributed by atoms with Gasteiger partial charge in [0.05, 0.1) is 12.0 Å². The predicted octanol–water partition coefficient (Wildman–Crippen LogP) is 4.16. The SMILES string of the molecule is O=C(O)[C@H]1CCCN(C(=O)O)[C@H]1c1ccc(NC2CCCC2)c(I)c1. The van der Waals surface area contributed by atoms with E-state index in [0.29, 0.717) is 25.4 Å². The van der Waals surface area contributed by atoms with Gasteiger partial charge in [0.2, 0.25) is 0 Å². The number of likely N-dealkylation sites (tertiary alicyclic amines) is 1. The van der Waals surface area contributed by atoms with E-state index in [1.807, 2.05) is 18.2 Å². The van der Waals surface area contributed by atoms with Crippen molar-refractivity contribution in [2.24, 2.45) is 5.92 Å². The normalized spacial score (nSPS) is 24.3. The topological polar surface area (TPSA) is 89.9 Å². The number of rotatable bonds is 4. The Kier molecular flexibility index (Phi) is 5.71. The second-order valence-electron chi connectivity index (χ2n) is 6.87. The van der Waals surface area contributed by atoms with Gasteiger partial charge in [0.25, 0.3) is 0 Å². The van der Waals surface area contributed by atoms with E-state index in [-0.39, 0.29) is 0 Å². The molecule has 2 atom stereocenters. The number of carbonyl (C=O) groups is 2. The number of anilines is 1. The third kappa shape index (κ3) is 4.02. The third-order valence-electron chi connectivity index (χ3n) is 5.24. The van der Waals surface area contributed by atoms with Gasteiger partial charge >= 0.3 is 12.1 Å². The highest BCUT2D eigenvalue weighted by atomic mass is 127. The van der Waals surface area contributed by atoms with Crippen molar-refractivity contribution in [1.82, 2.24) is 4.90 Å². The van der Waals surface area contributed by atoms with Gasteiger partial charge in [0.1, 0.15) is 0 Å². The van der Waals surface area contributed by atoms with Crippen LogP contribution in [0, 0.1) is 9.49 Å². The van der Waals surface area contributed by atoms with Gasteiger partial charge in [-0.25, -0.2) is 4.79 Å². The Morgan fingerprint density at radius 3 is 2.44 bits per heavy atom. The summed E-state index contributed by atoms with van der Waals surface area (Å²) in [6.45, 7) is 0.377. The van der Waals surface area contributed by atoms with Gasteiger partial charge in [0, 0.05) is 21.8 Å². The summed E-state index contributed by atoms with van der Waals surface area (Å²) in [4.78, 5) is 24.5. The number of amides is 1. The van der Waals surface area contributed by atoms with Gasteiger partial charge < -0.3 is 20.4 Å². The van der Waals surface area contributed by atoms with Crippen LogP contribution in [0.4, 0.5) is 10.5 Å². The first-order valence-electron chi connectivity index (χ1n) is 8.75. The standard InChI is InChI=1S/C18H23IN2O4/c19-14-10-11(7-8-15(14)20-12-4-1-2-5-12)16-13(17(22)23)6-3-9-21(16)18(24)25/h7-8,10,12-13,16,20H,1-6,9H2,(H,22,23)(H,24,25)/t13-,16-/m0/s1. The quantitative estimate of drug-likeness (QED) is 0.590. The Bertz CT molecular complexity index is 638. The molecule has 0 spiro atoms. The van der Waals surface area contributed by atoms with Gasteiger partial charge in [-0.15, -0.1) is 0 Å². The second-order valence-corrected chi connectivity index (χ2v) is 8.03. The predicted molar refractivity (Wildman–Crippen MR) is 103 cm³/mol. The van der Waals surface area contributed by atoms with E-state index in [9.17, 15) is 19.8 Å². The van der Waals surface area contributed by atoms with Crippen molar-refractivity contribution < 1.29 is 19.8 Å². The molecule has 1 saturated heterocycles. The molecule has 7 heteroatoms. The number of carboxylic acids is 1. The average Bonchev–Trinajstić information content (AvgIpc) is 3.09. The molecule has 0 bridgehead atoms. The molecule has 2 fully saturated rings. The molecule has 1 aliphatic heterocycles. The van der Waals surface area contributed by atoms with Crippen molar-refractivity contribution in [2.75, 3.05) is 11.9 Å². The summed E-state index contributed by atoms with van der Waals surface area (Å²) in [5.74, 6) is -1.63. The largest absolute Gasteiger partial charge is 0.481 e. The van der Waals surface area contributed by atoms with Gasteiger partial charge in [0.15, 0.2) is 0 Å². The number of hydrogen-bond donors (Lipinski definition) is 3. The summed E-state index contributed by atoms with van der Waals surface area (Å²) in [6, 6.07) is 5.64. The van der Waals surface area contributed by atoms with Gasteiger partial charge in [-0.3, -0.25) is 4.79 Å². The first kappa shape index (κ1) is 18.3. The van der Waals surface area contributed by atoms with Gasteiger partial charge in [-0.1, -0.05) is 18.9 Å². The Balaban J connectivity index is 1.87. The zero-order valence-corrected chi connectivity index (χ0v) is 16.1. The van der Waals surface area contributed by atoms with Crippen LogP contribution >= 0.6 is 22.6 Å². The zero-order valence-electron chi connectivity index (χ0n) is 13.9. The van der Waals surface area contributed by atoms with Gasteiger partial charge in [-0.2, -0.15) is 0 Å². The summed E-state index contributed by atoms with van der Waals surface area (Å²) < 4.78 is 1.00. The van der Waals surface area contributed by atoms with Crippen LogP contribution in [0.1, 0.15) is 50.1 Å². The lowest BCUT2D eigenvalue weighted by molar-refractivity contribution is -0.145. The molecule has 1 saturated carbocycles. The molecule has 0 aromatic heterocycles. The highest BCUT2D eigenvalue weighted by Crippen LogP contribution is 2.38. The molecule has 1 aromatic rings. The summed E-state index contributed by atoms with van der Waals surface area (Å²) in [5, 5.41) is 22.6. The molecule has 2 aliphatic rings. The average molecular weight is 458 g/mol. The van der Waals surface area contributed by atoms with Crippen LogP contribution < -0.4 is 5.32 Å². The Morgan fingerprint density at radius 2 is 1.84 bits per heavy atom. The minimum Gasteiger partial charge on any atom is -0.481 e. The Hall–Kier alpha value is -1.51. The summed E-state index contributed by atoms with van der Waals surface area (Å²) in [7, 11) is 0. The van der Waals surface area contributed by atoms with Crippen LogP contribution in [-0.2, 0) is 4.79 Å². The van der Waals surface area contributed by atoms with E-state index in [1.165, 1.54) is 30.6 Å². The summed E-state index contributed by atoms with van der Waals surface area (Å²) in [6.07, 6.45) is 4.88. The minimum absolute atomic E-state index is 0.377. The number of hydrogen-bond acceptors (Lipinski definition) is 3. The fourth-order valence-corrected chi connectivity index (χ4v) is 4.70. The van der Waals surface area contributed by atoms with Gasteiger partial charge in [-0.05, 0) is 66.0 Å². The van der Waals surface area contributed by atoms with Crippen molar-refractivity contribution in [3.8, 4) is 0 Å². The van der Waals surface area contributed by atoms with Crippen LogP contribution in [0.2, 0.25) is 0 Å². The molecule has 1 aliphatic carbocycles. The fraction of sp³-hybridized carbons (Fsp3) is 0.556. The number of benzene rings is 1. The number of halogens is 1. The first-order chi connectivity index (χ1) is 12.0. The Morgan fingerprint density at radius 1 is 1.12 bits per heavy atom. The molecule has 1 amide bonds. The lowest BCUT2D eigenvalue weighted by Gasteiger charge is -2.38. The number of carboxylic acid groups (broad SMARTS) is 2. The van der Waals surface area contributed by atoms with Crippen molar-refractivity contribution >= 4 is 40.3 Å². The minimum atomic E-state index is -1.06. The van der Waals surface area contributed by atoms with Crippen molar-refractivity contribution in [3.05, 3.63) is 27.3 Å². The highest BCUT2D eigenvalue weighted by molar-refractivity contribution is 14.1. The molecule has 0 unspecified atom stereocenters. The van der Waals surface area contributed by atoms with E-state index in [1.54, 1.807) is 0 Å². The molecular formula is C18H23IN2O4. The van der Waals surface area contributed by atoms with Crippen molar-refractivity contribution in [3.63, 3.8) is 0 Å². The number of nitrogens with zero attached hydrogens (tertiary/aromatic N) is 1. The van der Waals surface area contributed by atoms with Crippen LogP contribution in [0.3, 0.4) is 0 Å².